The van der Waals surface area contributed by atoms with Gasteiger partial charge < -0.3 is 24.3 Å². The monoisotopic (exact) mass is 266 g/mol. The summed E-state index contributed by atoms with van der Waals surface area (Å²) in [6, 6.07) is 3.43. The van der Waals surface area contributed by atoms with E-state index >= 15 is 0 Å². The SMILES string of the molecule is COCOc1cccc(OC(F)(F)F)c1B(O)O. The third-order valence-corrected chi connectivity index (χ3v) is 1.84. The predicted octanol–water partition coefficient (Wildman–Crippen LogP) is 0.248. The van der Waals surface area contributed by atoms with E-state index in [1.165, 1.54) is 19.2 Å². The average Bonchev–Trinajstić information content (AvgIpc) is 2.23. The van der Waals surface area contributed by atoms with E-state index in [2.05, 4.69) is 9.47 Å². The van der Waals surface area contributed by atoms with Gasteiger partial charge in [-0.25, -0.2) is 0 Å². The van der Waals surface area contributed by atoms with Crippen LogP contribution in [0.15, 0.2) is 18.2 Å². The Hall–Kier alpha value is -1.45. The van der Waals surface area contributed by atoms with Crippen molar-refractivity contribution in [1.82, 2.24) is 0 Å². The highest BCUT2D eigenvalue weighted by Gasteiger charge is 2.34. The van der Waals surface area contributed by atoms with E-state index in [9.17, 15) is 13.2 Å². The quantitative estimate of drug-likeness (QED) is 0.590. The molecule has 0 heterocycles. The first-order valence-corrected chi connectivity index (χ1v) is 4.71. The molecule has 0 spiro atoms. The fourth-order valence-corrected chi connectivity index (χ4v) is 1.24. The van der Waals surface area contributed by atoms with Gasteiger partial charge in [0.25, 0.3) is 0 Å². The molecule has 5 nitrogen and oxygen atoms in total. The van der Waals surface area contributed by atoms with Crippen molar-refractivity contribution in [3.05, 3.63) is 18.2 Å². The molecule has 0 atom stereocenters. The molecule has 0 saturated heterocycles. The second-order valence-electron chi connectivity index (χ2n) is 3.14. The van der Waals surface area contributed by atoms with E-state index in [4.69, 9.17) is 14.8 Å². The molecular weight excluding hydrogens is 256 g/mol. The number of hydrogen-bond acceptors (Lipinski definition) is 5. The van der Waals surface area contributed by atoms with Crippen LogP contribution >= 0.6 is 0 Å². The van der Waals surface area contributed by atoms with Crippen molar-refractivity contribution < 1.29 is 37.4 Å². The molecular formula is C9H10BF3O5. The highest BCUT2D eigenvalue weighted by Crippen LogP contribution is 2.24. The van der Waals surface area contributed by atoms with Crippen LogP contribution in [0, 0.1) is 0 Å². The maximum Gasteiger partial charge on any atom is 0.573 e. The van der Waals surface area contributed by atoms with E-state index in [1.807, 2.05) is 0 Å². The summed E-state index contributed by atoms with van der Waals surface area (Å²) in [4.78, 5) is 0. The number of rotatable bonds is 5. The third kappa shape index (κ3) is 4.10. The Kier molecular flexibility index (Phi) is 4.82. The third-order valence-electron chi connectivity index (χ3n) is 1.84. The lowest BCUT2D eigenvalue weighted by Gasteiger charge is -2.16. The van der Waals surface area contributed by atoms with Gasteiger partial charge in [0.05, 0.1) is 5.46 Å². The van der Waals surface area contributed by atoms with E-state index in [1.54, 1.807) is 0 Å². The topological polar surface area (TPSA) is 68.2 Å². The lowest BCUT2D eigenvalue weighted by atomic mass is 9.78. The number of hydrogen-bond donors (Lipinski definition) is 2. The van der Waals surface area contributed by atoms with E-state index < -0.39 is 24.7 Å². The fourth-order valence-electron chi connectivity index (χ4n) is 1.24. The second kappa shape index (κ2) is 5.94. The Labute approximate surface area is 101 Å². The summed E-state index contributed by atoms with van der Waals surface area (Å²) in [7, 11) is -0.860. The van der Waals surface area contributed by atoms with Crippen LogP contribution in [-0.2, 0) is 4.74 Å². The highest BCUT2D eigenvalue weighted by molar-refractivity contribution is 6.60. The summed E-state index contributed by atoms with van der Waals surface area (Å²) < 4.78 is 49.5. The highest BCUT2D eigenvalue weighted by atomic mass is 19.4. The van der Waals surface area contributed by atoms with Crippen LogP contribution < -0.4 is 14.9 Å². The minimum atomic E-state index is -4.94. The van der Waals surface area contributed by atoms with Gasteiger partial charge in [-0.05, 0) is 12.1 Å². The van der Waals surface area contributed by atoms with Crippen molar-refractivity contribution in [3.8, 4) is 11.5 Å². The van der Waals surface area contributed by atoms with Crippen molar-refractivity contribution in [1.29, 1.82) is 0 Å². The largest absolute Gasteiger partial charge is 0.573 e. The van der Waals surface area contributed by atoms with Crippen LogP contribution in [0.4, 0.5) is 13.2 Å². The number of halogens is 3. The maximum atomic E-state index is 12.1. The zero-order chi connectivity index (χ0) is 13.8. The average molecular weight is 266 g/mol. The number of alkyl halides is 3. The first-order valence-electron chi connectivity index (χ1n) is 4.71. The van der Waals surface area contributed by atoms with Crippen molar-refractivity contribution in [2.45, 2.75) is 6.36 Å². The summed E-state index contributed by atoms with van der Waals surface area (Å²) in [6.07, 6.45) is -4.94. The Balaban J connectivity index is 3.09. The Bertz CT molecular complexity index is 396. The van der Waals surface area contributed by atoms with Crippen LogP contribution in [0.1, 0.15) is 0 Å². The Morgan fingerprint density at radius 3 is 2.33 bits per heavy atom. The molecule has 18 heavy (non-hydrogen) atoms. The molecule has 1 rings (SSSR count). The van der Waals surface area contributed by atoms with Crippen LogP contribution in [0.5, 0.6) is 11.5 Å². The van der Waals surface area contributed by atoms with Gasteiger partial charge in [0.15, 0.2) is 6.79 Å². The van der Waals surface area contributed by atoms with Crippen LogP contribution in [0.2, 0.25) is 0 Å². The van der Waals surface area contributed by atoms with Gasteiger partial charge in [-0.15, -0.1) is 13.2 Å². The van der Waals surface area contributed by atoms with Crippen molar-refractivity contribution in [2.75, 3.05) is 13.9 Å². The molecule has 1 aromatic carbocycles. The van der Waals surface area contributed by atoms with Gasteiger partial charge in [0, 0.05) is 7.11 Å². The van der Waals surface area contributed by atoms with Gasteiger partial charge >= 0.3 is 13.5 Å². The second-order valence-corrected chi connectivity index (χ2v) is 3.14. The molecule has 0 saturated carbocycles. The number of ether oxygens (including phenoxy) is 3. The van der Waals surface area contributed by atoms with E-state index in [0.717, 1.165) is 6.07 Å². The fraction of sp³-hybridized carbons (Fsp3) is 0.333. The molecule has 0 aliphatic rings. The lowest BCUT2D eigenvalue weighted by molar-refractivity contribution is -0.274. The molecule has 100 valence electrons. The van der Waals surface area contributed by atoms with Gasteiger partial charge in [-0.2, -0.15) is 0 Å². The molecule has 9 heteroatoms. The molecule has 0 amide bonds. The maximum absolute atomic E-state index is 12.1. The van der Waals surface area contributed by atoms with E-state index in [0.29, 0.717) is 0 Å². The van der Waals surface area contributed by atoms with Crippen LogP contribution in [-0.4, -0.2) is 37.4 Å². The standard InChI is InChI=1S/C9H10BF3O5/c1-16-5-17-6-3-2-4-7(8(6)10(14)15)18-9(11,12)13/h2-4,14-15H,5H2,1H3. The molecule has 0 radical (unpaired) electrons. The summed E-state index contributed by atoms with van der Waals surface area (Å²) in [5.41, 5.74) is -0.521. The zero-order valence-electron chi connectivity index (χ0n) is 9.27. The Morgan fingerprint density at radius 2 is 1.83 bits per heavy atom. The normalized spacial score (nSPS) is 11.2. The summed E-state index contributed by atoms with van der Waals surface area (Å²) in [5.74, 6) is -0.917. The molecule has 0 aromatic heterocycles. The zero-order valence-corrected chi connectivity index (χ0v) is 9.27. The van der Waals surface area contributed by atoms with Gasteiger partial charge in [-0.1, -0.05) is 6.07 Å². The smallest absolute Gasteiger partial charge is 0.468 e. The minimum Gasteiger partial charge on any atom is -0.468 e. The van der Waals surface area contributed by atoms with Crippen LogP contribution in [0.3, 0.4) is 0 Å². The van der Waals surface area contributed by atoms with Crippen molar-refractivity contribution >= 4 is 12.6 Å². The Morgan fingerprint density at radius 1 is 1.22 bits per heavy atom. The van der Waals surface area contributed by atoms with Gasteiger partial charge in [0.1, 0.15) is 11.5 Å². The molecule has 0 aliphatic carbocycles. The summed E-state index contributed by atoms with van der Waals surface area (Å²) in [5, 5.41) is 18.1. The first kappa shape index (κ1) is 14.6. The molecule has 0 bridgehead atoms. The number of benzene rings is 1. The molecule has 0 fully saturated rings. The lowest BCUT2D eigenvalue weighted by Crippen LogP contribution is -2.35. The van der Waals surface area contributed by atoms with Gasteiger partial charge in [-0.3, -0.25) is 0 Å². The molecule has 0 aliphatic heterocycles. The first-order chi connectivity index (χ1) is 8.35. The van der Waals surface area contributed by atoms with E-state index in [-0.39, 0.29) is 12.5 Å². The molecule has 2 N–H and O–H groups in total. The number of methoxy groups -OCH3 is 1. The van der Waals surface area contributed by atoms with Gasteiger partial charge in [0.2, 0.25) is 0 Å². The predicted molar refractivity (Wildman–Crippen MR) is 55.5 cm³/mol. The van der Waals surface area contributed by atoms with Crippen molar-refractivity contribution in [2.24, 2.45) is 0 Å². The molecule has 1 aromatic rings. The summed E-state index contributed by atoms with van der Waals surface area (Å²) >= 11 is 0. The molecule has 0 unspecified atom stereocenters. The van der Waals surface area contributed by atoms with Crippen LogP contribution in [0.25, 0.3) is 0 Å². The summed E-state index contributed by atoms with van der Waals surface area (Å²) in [6.45, 7) is -0.255. The van der Waals surface area contributed by atoms with Crippen molar-refractivity contribution in [3.63, 3.8) is 0 Å². The minimum absolute atomic E-state index is 0.173.